The maximum Gasteiger partial charge on any atom is 0.124 e. The van der Waals surface area contributed by atoms with Gasteiger partial charge in [0.25, 0.3) is 0 Å². The van der Waals surface area contributed by atoms with Crippen molar-refractivity contribution in [1.29, 1.82) is 0 Å². The highest BCUT2D eigenvalue weighted by Gasteiger charge is 2.20. The summed E-state index contributed by atoms with van der Waals surface area (Å²) in [6, 6.07) is 14.7. The maximum atomic E-state index is 9.92. The molecular weight excluding hydrogens is 210 g/mol. The van der Waals surface area contributed by atoms with Gasteiger partial charge in [0, 0.05) is 24.8 Å². The van der Waals surface area contributed by atoms with E-state index in [4.69, 9.17) is 0 Å². The molecule has 0 bridgehead atoms. The Balaban J connectivity index is 2.20. The minimum atomic E-state index is 0.301. The first-order valence-electron chi connectivity index (χ1n) is 5.80. The molecule has 85 valence electrons. The molecule has 2 nitrogen and oxygen atoms in total. The van der Waals surface area contributed by atoms with Crippen molar-refractivity contribution in [2.75, 3.05) is 18.5 Å². The molecule has 0 unspecified atom stereocenters. The van der Waals surface area contributed by atoms with E-state index in [1.54, 1.807) is 12.1 Å². The summed E-state index contributed by atoms with van der Waals surface area (Å²) in [6.07, 6.45) is 1.03. The summed E-state index contributed by atoms with van der Waals surface area (Å²) in [6.45, 7) is 1.04. The van der Waals surface area contributed by atoms with E-state index in [0.717, 1.165) is 24.1 Å². The second kappa shape index (κ2) is 3.81. The van der Waals surface area contributed by atoms with Crippen LogP contribution in [0.1, 0.15) is 5.56 Å². The number of anilines is 1. The molecule has 17 heavy (non-hydrogen) atoms. The fraction of sp³-hybridized carbons (Fsp3) is 0.200. The van der Waals surface area contributed by atoms with Crippen LogP contribution in [0.3, 0.4) is 0 Å². The molecule has 2 heteroatoms. The number of fused-ring (bicyclic) bond motifs is 1. The number of hydrogen-bond acceptors (Lipinski definition) is 2. The van der Waals surface area contributed by atoms with Gasteiger partial charge < -0.3 is 10.0 Å². The number of phenolic OH excluding ortho intramolecular Hbond substituents is 1. The number of rotatable bonds is 1. The molecule has 0 saturated heterocycles. The standard InChI is InChI=1S/C15H14NO/c1-16-10-9-12-11(6-4-7-14(12)16)13-5-2-3-8-15(13)17/h2-4,6-8,17H,9-10H2,1H3. The number of nitrogens with zero attached hydrogens (tertiary/aromatic N) is 1. The molecule has 1 heterocycles. The van der Waals surface area contributed by atoms with Crippen molar-refractivity contribution < 1.29 is 5.11 Å². The summed E-state index contributed by atoms with van der Waals surface area (Å²) in [7, 11) is 2.10. The molecule has 0 amide bonds. The van der Waals surface area contributed by atoms with Crippen molar-refractivity contribution in [3.05, 3.63) is 48.0 Å². The highest BCUT2D eigenvalue weighted by molar-refractivity contribution is 5.79. The Morgan fingerprint density at radius 2 is 2.12 bits per heavy atom. The van der Waals surface area contributed by atoms with Gasteiger partial charge >= 0.3 is 0 Å². The molecule has 2 aromatic carbocycles. The van der Waals surface area contributed by atoms with E-state index in [-0.39, 0.29) is 0 Å². The van der Waals surface area contributed by atoms with Crippen LogP contribution in [0, 0.1) is 6.07 Å². The van der Waals surface area contributed by atoms with Crippen LogP contribution >= 0.6 is 0 Å². The lowest BCUT2D eigenvalue weighted by atomic mass is 9.97. The Hall–Kier alpha value is -1.96. The molecule has 0 fully saturated rings. The first kappa shape index (κ1) is 10.2. The Bertz CT molecular complexity index is 563. The molecule has 0 spiro atoms. The SMILES string of the molecule is CN1CCc2c(-c3[c]cccc3O)cccc21. The lowest BCUT2D eigenvalue weighted by Gasteiger charge is -2.13. The average Bonchev–Trinajstić information content (AvgIpc) is 2.72. The normalized spacial score (nSPS) is 13.8. The molecule has 2 aromatic rings. The van der Waals surface area contributed by atoms with Gasteiger partial charge in [0.1, 0.15) is 5.75 Å². The third-order valence-electron chi connectivity index (χ3n) is 3.36. The van der Waals surface area contributed by atoms with Gasteiger partial charge in [0.2, 0.25) is 0 Å². The zero-order valence-electron chi connectivity index (χ0n) is 9.77. The van der Waals surface area contributed by atoms with Gasteiger partial charge in [0.05, 0.1) is 0 Å². The second-order valence-electron chi connectivity index (χ2n) is 4.41. The summed E-state index contributed by atoms with van der Waals surface area (Å²) in [4.78, 5) is 2.25. The van der Waals surface area contributed by atoms with Crippen molar-refractivity contribution in [3.8, 4) is 16.9 Å². The van der Waals surface area contributed by atoms with Crippen LogP contribution in [0.4, 0.5) is 5.69 Å². The fourth-order valence-electron chi connectivity index (χ4n) is 2.47. The molecule has 3 rings (SSSR count). The molecule has 1 radical (unpaired) electrons. The van der Waals surface area contributed by atoms with E-state index in [0.29, 0.717) is 5.75 Å². The minimum Gasteiger partial charge on any atom is -0.507 e. The highest BCUT2D eigenvalue weighted by Crippen LogP contribution is 2.38. The number of benzene rings is 2. The smallest absolute Gasteiger partial charge is 0.124 e. The molecule has 0 aromatic heterocycles. The number of likely N-dealkylation sites (N-methyl/N-ethyl adjacent to an activating group) is 1. The van der Waals surface area contributed by atoms with Gasteiger partial charge in [-0.2, -0.15) is 0 Å². The summed E-state index contributed by atoms with van der Waals surface area (Å²) in [5, 5.41) is 9.92. The predicted molar refractivity (Wildman–Crippen MR) is 69.4 cm³/mol. The third kappa shape index (κ3) is 1.57. The van der Waals surface area contributed by atoms with Gasteiger partial charge in [-0.1, -0.05) is 24.3 Å². The zero-order valence-corrected chi connectivity index (χ0v) is 9.77. The van der Waals surface area contributed by atoms with Gasteiger partial charge in [-0.25, -0.2) is 0 Å². The van der Waals surface area contributed by atoms with E-state index in [2.05, 4.69) is 30.1 Å². The third-order valence-corrected chi connectivity index (χ3v) is 3.36. The van der Waals surface area contributed by atoms with Crippen LogP contribution in [0.2, 0.25) is 0 Å². The number of hydrogen-bond donors (Lipinski definition) is 1. The monoisotopic (exact) mass is 224 g/mol. The van der Waals surface area contributed by atoms with Crippen LogP contribution < -0.4 is 4.90 Å². The Morgan fingerprint density at radius 3 is 2.94 bits per heavy atom. The molecule has 1 aliphatic heterocycles. The summed E-state index contributed by atoms with van der Waals surface area (Å²) >= 11 is 0. The van der Waals surface area contributed by atoms with Crippen LogP contribution in [0.5, 0.6) is 5.75 Å². The summed E-state index contributed by atoms with van der Waals surface area (Å²) < 4.78 is 0. The van der Waals surface area contributed by atoms with Crippen LogP contribution in [-0.4, -0.2) is 18.7 Å². The lowest BCUT2D eigenvalue weighted by Crippen LogP contribution is -2.12. The van der Waals surface area contributed by atoms with E-state index >= 15 is 0 Å². The number of aromatic hydroxyl groups is 1. The Morgan fingerprint density at radius 1 is 1.24 bits per heavy atom. The molecule has 0 aliphatic carbocycles. The van der Waals surface area contributed by atoms with E-state index in [9.17, 15) is 5.11 Å². The van der Waals surface area contributed by atoms with Crippen molar-refractivity contribution in [3.63, 3.8) is 0 Å². The summed E-state index contributed by atoms with van der Waals surface area (Å²) in [5.74, 6) is 0.301. The van der Waals surface area contributed by atoms with Gasteiger partial charge in [-0.15, -0.1) is 0 Å². The summed E-state index contributed by atoms with van der Waals surface area (Å²) in [5.41, 5.74) is 4.48. The van der Waals surface area contributed by atoms with Crippen molar-refractivity contribution in [1.82, 2.24) is 0 Å². The molecule has 1 N–H and O–H groups in total. The average molecular weight is 224 g/mol. The van der Waals surface area contributed by atoms with Gasteiger partial charge in [0.15, 0.2) is 0 Å². The minimum absolute atomic E-state index is 0.301. The second-order valence-corrected chi connectivity index (χ2v) is 4.41. The van der Waals surface area contributed by atoms with E-state index in [1.807, 2.05) is 12.1 Å². The highest BCUT2D eigenvalue weighted by atomic mass is 16.3. The predicted octanol–water partition coefficient (Wildman–Crippen LogP) is 2.85. The zero-order chi connectivity index (χ0) is 11.8. The molecule has 0 saturated carbocycles. The Kier molecular flexibility index (Phi) is 2.29. The molecule has 0 atom stereocenters. The lowest BCUT2D eigenvalue weighted by molar-refractivity contribution is 0.477. The van der Waals surface area contributed by atoms with Crippen LogP contribution in [-0.2, 0) is 6.42 Å². The van der Waals surface area contributed by atoms with Crippen LogP contribution in [0.15, 0.2) is 36.4 Å². The maximum absolute atomic E-state index is 9.92. The van der Waals surface area contributed by atoms with Crippen molar-refractivity contribution in [2.24, 2.45) is 0 Å². The van der Waals surface area contributed by atoms with Crippen LogP contribution in [0.25, 0.3) is 11.1 Å². The first-order valence-corrected chi connectivity index (χ1v) is 5.80. The van der Waals surface area contributed by atoms with E-state index in [1.165, 1.54) is 11.3 Å². The molecule has 1 aliphatic rings. The Labute approximate surface area is 101 Å². The topological polar surface area (TPSA) is 23.5 Å². The quantitative estimate of drug-likeness (QED) is 0.805. The fourth-order valence-corrected chi connectivity index (χ4v) is 2.47. The van der Waals surface area contributed by atoms with Gasteiger partial charge in [-0.05, 0) is 35.7 Å². The number of phenols is 1. The first-order chi connectivity index (χ1) is 8.27. The van der Waals surface area contributed by atoms with Crippen molar-refractivity contribution >= 4 is 5.69 Å². The molecular formula is C15H14NO. The van der Waals surface area contributed by atoms with Gasteiger partial charge in [-0.3, -0.25) is 0 Å². The largest absolute Gasteiger partial charge is 0.507 e. The van der Waals surface area contributed by atoms with E-state index < -0.39 is 0 Å². The van der Waals surface area contributed by atoms with Crippen molar-refractivity contribution in [2.45, 2.75) is 6.42 Å².